The summed E-state index contributed by atoms with van der Waals surface area (Å²) in [5.74, 6) is -0.268. The summed E-state index contributed by atoms with van der Waals surface area (Å²) >= 11 is 0. The molecule has 0 saturated heterocycles. The summed E-state index contributed by atoms with van der Waals surface area (Å²) in [5, 5.41) is 6.81. The molecule has 1 aromatic heterocycles. The van der Waals surface area contributed by atoms with Crippen LogP contribution < -0.4 is 10.9 Å². The van der Waals surface area contributed by atoms with Crippen molar-refractivity contribution in [3.8, 4) is 0 Å². The number of hydrogen-bond donors (Lipinski definition) is 1. The zero-order chi connectivity index (χ0) is 13.5. The molecule has 1 rings (SSSR count). The molecule has 0 radical (unpaired) electrons. The summed E-state index contributed by atoms with van der Waals surface area (Å²) in [7, 11) is 1.55. The molecule has 0 aliphatic rings. The molecule has 1 amide bonds. The van der Waals surface area contributed by atoms with Crippen LogP contribution in [-0.4, -0.2) is 35.4 Å². The second-order valence-corrected chi connectivity index (χ2v) is 4.06. The first-order valence-electron chi connectivity index (χ1n) is 5.96. The number of nitrogens with one attached hydrogen (secondary N) is 1. The van der Waals surface area contributed by atoms with Crippen molar-refractivity contribution in [3.63, 3.8) is 0 Å². The lowest BCUT2D eigenvalue weighted by Gasteiger charge is -2.11. The number of methoxy groups -OCH3 is 1. The molecule has 0 aliphatic heterocycles. The topological polar surface area (TPSA) is 73.2 Å². The zero-order valence-electron chi connectivity index (χ0n) is 11.0. The van der Waals surface area contributed by atoms with Crippen molar-refractivity contribution in [2.75, 3.05) is 13.7 Å². The molecular formula is C12H19N3O3. The van der Waals surface area contributed by atoms with Gasteiger partial charge < -0.3 is 10.1 Å². The molecule has 0 fully saturated rings. The number of carbonyl (C=O) groups is 1. The van der Waals surface area contributed by atoms with E-state index < -0.39 is 0 Å². The van der Waals surface area contributed by atoms with Crippen LogP contribution in [-0.2, 0) is 11.3 Å². The normalized spacial score (nSPS) is 12.2. The van der Waals surface area contributed by atoms with Gasteiger partial charge in [-0.15, -0.1) is 0 Å². The standard InChI is InChI=1S/C12H19N3O3/c1-4-9(2)13-12(17)10-5-6-11(16)15(14-10)7-8-18-3/h5-6,9H,4,7-8H2,1-3H3,(H,13,17)/t9-/m0/s1. The molecule has 0 aromatic carbocycles. The van der Waals surface area contributed by atoms with Gasteiger partial charge in [-0.25, -0.2) is 4.68 Å². The minimum Gasteiger partial charge on any atom is -0.383 e. The van der Waals surface area contributed by atoms with E-state index in [4.69, 9.17) is 4.74 Å². The van der Waals surface area contributed by atoms with Gasteiger partial charge in [-0.1, -0.05) is 6.92 Å². The average Bonchev–Trinajstić information content (AvgIpc) is 2.37. The van der Waals surface area contributed by atoms with Crippen molar-refractivity contribution in [3.05, 3.63) is 28.2 Å². The second-order valence-electron chi connectivity index (χ2n) is 4.06. The number of aromatic nitrogens is 2. The molecule has 18 heavy (non-hydrogen) atoms. The molecule has 0 saturated carbocycles. The Morgan fingerprint density at radius 3 is 2.89 bits per heavy atom. The minimum absolute atomic E-state index is 0.0821. The number of hydrogen-bond acceptors (Lipinski definition) is 4. The van der Waals surface area contributed by atoms with Crippen LogP contribution in [0.25, 0.3) is 0 Å². The summed E-state index contributed by atoms with van der Waals surface area (Å²) in [6.45, 7) is 4.61. The fourth-order valence-corrected chi connectivity index (χ4v) is 1.31. The zero-order valence-corrected chi connectivity index (χ0v) is 11.0. The van der Waals surface area contributed by atoms with E-state index in [1.165, 1.54) is 16.8 Å². The van der Waals surface area contributed by atoms with Gasteiger partial charge in [0.25, 0.3) is 11.5 Å². The molecule has 1 heterocycles. The Morgan fingerprint density at radius 1 is 1.56 bits per heavy atom. The Balaban J connectivity index is 2.83. The van der Waals surface area contributed by atoms with E-state index >= 15 is 0 Å². The number of nitrogens with zero attached hydrogens (tertiary/aromatic N) is 2. The van der Waals surface area contributed by atoms with Crippen LogP contribution in [0, 0.1) is 0 Å². The van der Waals surface area contributed by atoms with Crippen molar-refractivity contribution in [2.45, 2.75) is 32.9 Å². The third-order valence-corrected chi connectivity index (χ3v) is 2.60. The second kappa shape index (κ2) is 6.90. The SMILES string of the molecule is CC[C@H](C)NC(=O)c1ccc(=O)n(CCOC)n1. The number of rotatable bonds is 6. The van der Waals surface area contributed by atoms with E-state index in [2.05, 4.69) is 10.4 Å². The molecule has 6 nitrogen and oxygen atoms in total. The molecule has 0 aliphatic carbocycles. The highest BCUT2D eigenvalue weighted by molar-refractivity contribution is 5.92. The molecule has 1 aromatic rings. The summed E-state index contributed by atoms with van der Waals surface area (Å²) < 4.78 is 6.11. The monoisotopic (exact) mass is 253 g/mol. The van der Waals surface area contributed by atoms with E-state index in [0.29, 0.717) is 13.2 Å². The predicted molar refractivity (Wildman–Crippen MR) is 67.6 cm³/mol. The maximum absolute atomic E-state index is 11.8. The molecule has 0 spiro atoms. The smallest absolute Gasteiger partial charge is 0.271 e. The maximum Gasteiger partial charge on any atom is 0.271 e. The fraction of sp³-hybridized carbons (Fsp3) is 0.583. The first-order valence-corrected chi connectivity index (χ1v) is 5.96. The van der Waals surface area contributed by atoms with Crippen LogP contribution >= 0.6 is 0 Å². The molecule has 0 bridgehead atoms. The first-order chi connectivity index (χ1) is 8.58. The van der Waals surface area contributed by atoms with Crippen LogP contribution in [0.3, 0.4) is 0 Å². The summed E-state index contributed by atoms with van der Waals surface area (Å²) in [4.78, 5) is 23.3. The summed E-state index contributed by atoms with van der Waals surface area (Å²) in [6.07, 6.45) is 0.842. The van der Waals surface area contributed by atoms with E-state index in [0.717, 1.165) is 6.42 Å². The third-order valence-electron chi connectivity index (χ3n) is 2.60. The number of amides is 1. The Bertz CT molecular complexity index is 456. The Hall–Kier alpha value is -1.69. The minimum atomic E-state index is -0.268. The highest BCUT2D eigenvalue weighted by Gasteiger charge is 2.11. The first kappa shape index (κ1) is 14.4. The van der Waals surface area contributed by atoms with Gasteiger partial charge in [0.2, 0.25) is 0 Å². The van der Waals surface area contributed by atoms with Crippen LogP contribution in [0.2, 0.25) is 0 Å². The molecule has 6 heteroatoms. The van der Waals surface area contributed by atoms with Gasteiger partial charge in [-0.3, -0.25) is 9.59 Å². The van der Waals surface area contributed by atoms with Gasteiger partial charge in [-0.2, -0.15) is 5.10 Å². The van der Waals surface area contributed by atoms with Crippen molar-refractivity contribution in [1.82, 2.24) is 15.1 Å². The molecule has 100 valence electrons. The van der Waals surface area contributed by atoms with Gasteiger partial charge in [-0.05, 0) is 19.4 Å². The Labute approximate surface area is 106 Å². The largest absolute Gasteiger partial charge is 0.383 e. The molecule has 0 unspecified atom stereocenters. The lowest BCUT2D eigenvalue weighted by atomic mass is 10.2. The molecular weight excluding hydrogens is 234 g/mol. The van der Waals surface area contributed by atoms with Crippen molar-refractivity contribution in [1.29, 1.82) is 0 Å². The Morgan fingerprint density at radius 2 is 2.28 bits per heavy atom. The summed E-state index contributed by atoms with van der Waals surface area (Å²) in [6, 6.07) is 2.86. The highest BCUT2D eigenvalue weighted by atomic mass is 16.5. The van der Waals surface area contributed by atoms with E-state index in [-0.39, 0.29) is 23.2 Å². The maximum atomic E-state index is 11.8. The third kappa shape index (κ3) is 3.96. The Kier molecular flexibility index (Phi) is 5.51. The molecule has 1 N–H and O–H groups in total. The average molecular weight is 253 g/mol. The van der Waals surface area contributed by atoms with Gasteiger partial charge in [0, 0.05) is 19.2 Å². The fourth-order valence-electron chi connectivity index (χ4n) is 1.31. The van der Waals surface area contributed by atoms with Crippen LogP contribution in [0.1, 0.15) is 30.8 Å². The quantitative estimate of drug-likeness (QED) is 0.797. The van der Waals surface area contributed by atoms with Gasteiger partial charge in [0.15, 0.2) is 0 Å². The van der Waals surface area contributed by atoms with E-state index in [1.54, 1.807) is 7.11 Å². The molecule has 1 atom stereocenters. The van der Waals surface area contributed by atoms with Crippen molar-refractivity contribution < 1.29 is 9.53 Å². The van der Waals surface area contributed by atoms with Gasteiger partial charge in [0.1, 0.15) is 5.69 Å². The highest BCUT2D eigenvalue weighted by Crippen LogP contribution is 1.95. The van der Waals surface area contributed by atoms with Gasteiger partial charge >= 0.3 is 0 Å². The number of carbonyl (C=O) groups excluding carboxylic acids is 1. The predicted octanol–water partition coefficient (Wildman–Crippen LogP) is 0.418. The van der Waals surface area contributed by atoms with Crippen molar-refractivity contribution >= 4 is 5.91 Å². The lowest BCUT2D eigenvalue weighted by Crippen LogP contribution is -2.34. The van der Waals surface area contributed by atoms with Crippen LogP contribution in [0.4, 0.5) is 0 Å². The van der Waals surface area contributed by atoms with Crippen LogP contribution in [0.15, 0.2) is 16.9 Å². The van der Waals surface area contributed by atoms with E-state index in [1.807, 2.05) is 13.8 Å². The summed E-state index contributed by atoms with van der Waals surface area (Å²) in [5.41, 5.74) is -0.00172. The lowest BCUT2D eigenvalue weighted by molar-refractivity contribution is 0.0930. The van der Waals surface area contributed by atoms with Crippen LogP contribution in [0.5, 0.6) is 0 Å². The van der Waals surface area contributed by atoms with Gasteiger partial charge in [0.05, 0.1) is 13.2 Å². The van der Waals surface area contributed by atoms with E-state index in [9.17, 15) is 9.59 Å². The van der Waals surface area contributed by atoms with Crippen molar-refractivity contribution in [2.24, 2.45) is 0 Å². The number of ether oxygens (including phenoxy) is 1.